The zero-order valence-electron chi connectivity index (χ0n) is 10.6. The molecule has 0 aromatic carbocycles. The van der Waals surface area contributed by atoms with Crippen LogP contribution in [0.15, 0.2) is 17.1 Å². The van der Waals surface area contributed by atoms with E-state index >= 15 is 0 Å². The second-order valence-electron chi connectivity index (χ2n) is 5.13. The van der Waals surface area contributed by atoms with E-state index in [1.807, 2.05) is 6.20 Å². The lowest BCUT2D eigenvalue weighted by Crippen LogP contribution is -2.25. The van der Waals surface area contributed by atoms with Gasteiger partial charge in [0.2, 0.25) is 0 Å². The van der Waals surface area contributed by atoms with Crippen LogP contribution in [0, 0.1) is 0 Å². The summed E-state index contributed by atoms with van der Waals surface area (Å²) in [4.78, 5) is 14.4. The number of allylic oxidation sites excluding steroid dienone is 2. The van der Waals surface area contributed by atoms with Crippen LogP contribution in [0.2, 0.25) is 0 Å². The molecule has 1 saturated heterocycles. The minimum absolute atomic E-state index is 0.0347. The van der Waals surface area contributed by atoms with Crippen LogP contribution in [0.4, 0.5) is 5.69 Å². The largest absolute Gasteiger partial charge is 0.370 e. The Kier molecular flexibility index (Phi) is 3.17. The maximum Gasteiger partial charge on any atom is 0.273 e. The predicted octanol–water partition coefficient (Wildman–Crippen LogP) is 2.33. The van der Waals surface area contributed by atoms with Gasteiger partial charge in [0, 0.05) is 13.1 Å². The van der Waals surface area contributed by atoms with E-state index in [-0.39, 0.29) is 5.56 Å². The molecule has 1 aliphatic heterocycles. The van der Waals surface area contributed by atoms with E-state index in [1.165, 1.54) is 31.3 Å². The minimum atomic E-state index is -0.0347. The van der Waals surface area contributed by atoms with Crippen molar-refractivity contribution in [1.29, 1.82) is 0 Å². The molecule has 1 aromatic heterocycles. The van der Waals surface area contributed by atoms with E-state index < -0.39 is 0 Å². The van der Waals surface area contributed by atoms with Crippen molar-refractivity contribution in [3.05, 3.63) is 28.2 Å². The summed E-state index contributed by atoms with van der Waals surface area (Å²) < 4.78 is 0. The van der Waals surface area contributed by atoms with Crippen molar-refractivity contribution in [3.8, 4) is 0 Å². The van der Waals surface area contributed by atoms with E-state index in [4.69, 9.17) is 0 Å². The highest BCUT2D eigenvalue weighted by Gasteiger charge is 2.21. The van der Waals surface area contributed by atoms with E-state index in [2.05, 4.69) is 21.2 Å². The summed E-state index contributed by atoms with van der Waals surface area (Å²) >= 11 is 0. The number of H-pyrrole nitrogens is 1. The molecule has 96 valence electrons. The summed E-state index contributed by atoms with van der Waals surface area (Å²) in [5.41, 5.74) is 3.08. The molecular formula is C14H19N3O. The molecule has 1 N–H and O–H groups in total. The van der Waals surface area contributed by atoms with Gasteiger partial charge in [0.05, 0.1) is 17.4 Å². The molecule has 3 rings (SSSR count). The second kappa shape index (κ2) is 4.96. The van der Waals surface area contributed by atoms with Crippen LogP contribution in [-0.4, -0.2) is 23.3 Å². The highest BCUT2D eigenvalue weighted by Crippen LogP contribution is 2.31. The quantitative estimate of drug-likeness (QED) is 0.870. The molecule has 0 saturated carbocycles. The van der Waals surface area contributed by atoms with Crippen molar-refractivity contribution in [3.63, 3.8) is 0 Å². The molecule has 2 aliphatic rings. The molecule has 1 aromatic rings. The van der Waals surface area contributed by atoms with Crippen molar-refractivity contribution in [2.75, 3.05) is 18.0 Å². The Morgan fingerprint density at radius 2 is 2.00 bits per heavy atom. The first-order valence-corrected chi connectivity index (χ1v) is 6.88. The molecule has 4 heteroatoms. The van der Waals surface area contributed by atoms with E-state index in [9.17, 15) is 4.79 Å². The van der Waals surface area contributed by atoms with Crippen LogP contribution >= 0.6 is 0 Å². The second-order valence-corrected chi connectivity index (χ2v) is 5.13. The summed E-state index contributed by atoms with van der Waals surface area (Å²) in [5.74, 6) is 0. The third-order valence-corrected chi connectivity index (χ3v) is 3.89. The molecule has 0 radical (unpaired) electrons. The van der Waals surface area contributed by atoms with Crippen molar-refractivity contribution in [2.24, 2.45) is 0 Å². The first-order chi connectivity index (χ1) is 8.86. The molecule has 0 spiro atoms. The molecule has 1 aliphatic carbocycles. The van der Waals surface area contributed by atoms with Gasteiger partial charge in [0.15, 0.2) is 0 Å². The lowest BCUT2D eigenvalue weighted by molar-refractivity contribution is 0.739. The van der Waals surface area contributed by atoms with Crippen LogP contribution in [0.5, 0.6) is 0 Å². The zero-order chi connectivity index (χ0) is 12.4. The number of aromatic amines is 1. The fraction of sp³-hybridized carbons (Fsp3) is 0.571. The van der Waals surface area contributed by atoms with E-state index in [0.717, 1.165) is 37.2 Å². The number of aromatic nitrogens is 2. The lowest BCUT2D eigenvalue weighted by atomic mass is 9.93. The minimum Gasteiger partial charge on any atom is -0.370 e. The van der Waals surface area contributed by atoms with Crippen molar-refractivity contribution in [2.45, 2.75) is 38.5 Å². The number of hydrogen-bond acceptors (Lipinski definition) is 3. The van der Waals surface area contributed by atoms with Crippen LogP contribution in [0.3, 0.4) is 0 Å². The van der Waals surface area contributed by atoms with Crippen LogP contribution in [0.25, 0.3) is 5.57 Å². The number of nitrogens with zero attached hydrogens (tertiary/aromatic N) is 2. The lowest BCUT2D eigenvalue weighted by Gasteiger charge is -2.22. The number of nitrogens with one attached hydrogen (secondary N) is 1. The highest BCUT2D eigenvalue weighted by molar-refractivity contribution is 5.76. The van der Waals surface area contributed by atoms with Gasteiger partial charge >= 0.3 is 0 Å². The summed E-state index contributed by atoms with van der Waals surface area (Å²) in [6.45, 7) is 2.09. The SMILES string of the molecule is O=c1[nH]ncc(N2CCCC2)c1C1=CCCCC1. The maximum absolute atomic E-state index is 12.1. The van der Waals surface area contributed by atoms with Gasteiger partial charge in [-0.15, -0.1) is 0 Å². The average molecular weight is 245 g/mol. The van der Waals surface area contributed by atoms with Gasteiger partial charge in [-0.1, -0.05) is 6.08 Å². The van der Waals surface area contributed by atoms with Crippen LogP contribution in [0.1, 0.15) is 44.1 Å². The molecule has 4 nitrogen and oxygen atoms in total. The molecule has 2 heterocycles. The van der Waals surface area contributed by atoms with Gasteiger partial charge in [0.1, 0.15) is 0 Å². The first kappa shape index (κ1) is 11.5. The first-order valence-electron chi connectivity index (χ1n) is 6.88. The Bertz CT molecular complexity index is 512. The van der Waals surface area contributed by atoms with Gasteiger partial charge in [-0.2, -0.15) is 5.10 Å². The van der Waals surface area contributed by atoms with E-state index in [1.54, 1.807) is 0 Å². The normalized spacial score (nSPS) is 20.0. The molecule has 18 heavy (non-hydrogen) atoms. The van der Waals surface area contributed by atoms with Crippen molar-refractivity contribution in [1.82, 2.24) is 10.2 Å². The predicted molar refractivity (Wildman–Crippen MR) is 72.7 cm³/mol. The fourth-order valence-electron chi connectivity index (χ4n) is 2.96. The van der Waals surface area contributed by atoms with Gasteiger partial charge in [-0.05, 0) is 44.1 Å². The number of rotatable bonds is 2. The topological polar surface area (TPSA) is 49.0 Å². The molecule has 0 atom stereocenters. The summed E-state index contributed by atoms with van der Waals surface area (Å²) in [5, 5.41) is 6.57. The van der Waals surface area contributed by atoms with Gasteiger partial charge < -0.3 is 4.90 Å². The molecule has 0 bridgehead atoms. The van der Waals surface area contributed by atoms with Crippen molar-refractivity contribution < 1.29 is 0 Å². The van der Waals surface area contributed by atoms with Gasteiger partial charge in [-0.3, -0.25) is 4.79 Å². The molecule has 0 unspecified atom stereocenters. The van der Waals surface area contributed by atoms with Crippen LogP contribution < -0.4 is 10.5 Å². The van der Waals surface area contributed by atoms with Gasteiger partial charge in [-0.25, -0.2) is 5.10 Å². The molecular weight excluding hydrogens is 226 g/mol. The Morgan fingerprint density at radius 3 is 2.72 bits per heavy atom. The third-order valence-electron chi connectivity index (χ3n) is 3.89. The number of hydrogen-bond donors (Lipinski definition) is 1. The monoisotopic (exact) mass is 245 g/mol. The van der Waals surface area contributed by atoms with E-state index in [0.29, 0.717) is 0 Å². The summed E-state index contributed by atoms with van der Waals surface area (Å²) in [6.07, 6.45) is 11.0. The third kappa shape index (κ3) is 2.07. The Balaban J connectivity index is 2.05. The Hall–Kier alpha value is -1.58. The summed E-state index contributed by atoms with van der Waals surface area (Å²) in [7, 11) is 0. The number of anilines is 1. The smallest absolute Gasteiger partial charge is 0.273 e. The fourth-order valence-corrected chi connectivity index (χ4v) is 2.96. The standard InChI is InChI=1S/C14H19N3O/c18-14-13(11-6-2-1-3-7-11)12(10-15-16-14)17-8-4-5-9-17/h6,10H,1-5,7-9H2,(H,16,18). The van der Waals surface area contributed by atoms with Crippen molar-refractivity contribution >= 4 is 11.3 Å². The highest BCUT2D eigenvalue weighted by atomic mass is 16.1. The van der Waals surface area contributed by atoms with Gasteiger partial charge in [0.25, 0.3) is 5.56 Å². The Labute approximate surface area is 107 Å². The average Bonchev–Trinajstić information content (AvgIpc) is 2.93. The van der Waals surface area contributed by atoms with Crippen LogP contribution in [-0.2, 0) is 0 Å². The Morgan fingerprint density at radius 1 is 1.17 bits per heavy atom. The maximum atomic E-state index is 12.1. The summed E-state index contributed by atoms with van der Waals surface area (Å²) in [6, 6.07) is 0. The zero-order valence-corrected chi connectivity index (χ0v) is 10.6. The molecule has 1 fully saturated rings. The molecule has 0 amide bonds.